The fraction of sp³-hybridized carbons (Fsp3) is 0.389. The lowest BCUT2D eigenvalue weighted by Gasteiger charge is -2.36. The van der Waals surface area contributed by atoms with Crippen LogP contribution in [0.3, 0.4) is 0 Å². The largest absolute Gasteiger partial charge is 0.497 e. The number of aromatic nitrogens is 2. The number of nitrogens with zero attached hydrogens (tertiary/aromatic N) is 4. The molecule has 0 bridgehead atoms. The summed E-state index contributed by atoms with van der Waals surface area (Å²) in [5.41, 5.74) is 7.19. The van der Waals surface area contributed by atoms with Gasteiger partial charge in [0.15, 0.2) is 5.96 Å². The topological polar surface area (TPSA) is 153 Å². The number of benzene rings is 1. The second-order valence-electron chi connectivity index (χ2n) is 6.39. The molecule has 3 rings (SSSR count). The van der Waals surface area contributed by atoms with Gasteiger partial charge in [0.1, 0.15) is 12.1 Å². The number of carbonyl (C=O) groups excluding carboxylic acids is 1. The molecule has 1 amide bonds. The molecule has 154 valence electrons. The summed E-state index contributed by atoms with van der Waals surface area (Å²) < 4.78 is 6.67. The fourth-order valence-electron chi connectivity index (χ4n) is 3.17. The minimum Gasteiger partial charge on any atom is -0.497 e. The highest BCUT2D eigenvalue weighted by molar-refractivity contribution is 5.78. The van der Waals surface area contributed by atoms with Crippen LogP contribution in [0.2, 0.25) is 0 Å². The zero-order chi connectivity index (χ0) is 20.7. The monoisotopic (exact) mass is 390 g/mol. The van der Waals surface area contributed by atoms with Gasteiger partial charge >= 0.3 is 6.03 Å². The number of hydrogen-bond acceptors (Lipinski definition) is 6. The molecule has 1 aliphatic heterocycles. The smallest absolute Gasteiger partial charge is 0.329 e. The predicted octanol–water partition coefficient (Wildman–Crippen LogP) is 0.881. The van der Waals surface area contributed by atoms with Crippen molar-refractivity contribution < 1.29 is 11.0 Å². The molecule has 0 unspecified atom stereocenters. The van der Waals surface area contributed by atoms with E-state index in [1.54, 1.807) is 24.5 Å². The maximum Gasteiger partial charge on any atom is 0.329 e. The van der Waals surface area contributed by atoms with Gasteiger partial charge in [-0.3, -0.25) is 21.7 Å². The third-order valence-corrected chi connectivity index (χ3v) is 4.84. The molecule has 1 saturated heterocycles. The quantitative estimate of drug-likeness (QED) is 0.263. The number of nitrogens with two attached hydrogens (primary N) is 3. The van der Waals surface area contributed by atoms with E-state index < -0.39 is 0 Å². The van der Waals surface area contributed by atoms with Crippen LogP contribution in [0, 0.1) is 5.41 Å². The summed E-state index contributed by atoms with van der Waals surface area (Å²) in [6.07, 6.45) is 4.87. The van der Waals surface area contributed by atoms with Crippen molar-refractivity contribution in [3.63, 3.8) is 0 Å². The number of amides is 1. The van der Waals surface area contributed by atoms with Crippen molar-refractivity contribution in [2.75, 3.05) is 27.2 Å². The van der Waals surface area contributed by atoms with E-state index in [1.165, 1.54) is 4.57 Å². The Labute approximate surface area is 165 Å². The van der Waals surface area contributed by atoms with E-state index in [9.17, 15) is 4.79 Å². The average Bonchev–Trinajstić information content (AvgIpc) is 3.24. The molecular formula is C18H30N8O2. The lowest BCUT2D eigenvalue weighted by Crippen LogP contribution is -2.49. The number of piperidine rings is 1. The van der Waals surface area contributed by atoms with Crippen LogP contribution >= 0.6 is 0 Å². The summed E-state index contributed by atoms with van der Waals surface area (Å²) in [6.45, 7) is 1.39. The van der Waals surface area contributed by atoms with Crippen LogP contribution in [0.15, 0.2) is 36.8 Å². The zero-order valence-electron chi connectivity index (χ0n) is 16.2. The van der Waals surface area contributed by atoms with Gasteiger partial charge in [-0.15, -0.1) is 0 Å². The molecule has 0 radical (unpaired) electrons. The molecule has 28 heavy (non-hydrogen) atoms. The molecule has 0 saturated carbocycles. The second kappa shape index (κ2) is 9.72. The van der Waals surface area contributed by atoms with Gasteiger partial charge in [0.05, 0.1) is 12.8 Å². The van der Waals surface area contributed by atoms with E-state index in [0.717, 1.165) is 29.8 Å². The Morgan fingerprint density at radius 3 is 2.43 bits per heavy atom. The summed E-state index contributed by atoms with van der Waals surface area (Å²) in [4.78, 5) is 20.7. The standard InChI is InChI=1S/C18H24N6O2.H4N2.H2/c1-22(14-7-9-23(10-8-14)17(19)20)18(25)24-11-16(21-12-24)13-3-5-15(26-2)6-4-13;1-2;/h3-6,11-12,14H,7-10H2,1-2H3,(H3,19,20);1-2H2;1H. The third-order valence-electron chi connectivity index (χ3n) is 4.84. The van der Waals surface area contributed by atoms with Gasteiger partial charge in [0, 0.05) is 39.4 Å². The number of imidazole rings is 1. The Bertz CT molecular complexity index is 787. The Morgan fingerprint density at radius 1 is 1.29 bits per heavy atom. The van der Waals surface area contributed by atoms with E-state index in [4.69, 9.17) is 15.9 Å². The van der Waals surface area contributed by atoms with Gasteiger partial charge < -0.3 is 20.3 Å². The first kappa shape index (κ1) is 21.2. The number of methoxy groups -OCH3 is 1. The minimum absolute atomic E-state index is 0. The Morgan fingerprint density at radius 2 is 1.89 bits per heavy atom. The summed E-state index contributed by atoms with van der Waals surface area (Å²) >= 11 is 0. The van der Waals surface area contributed by atoms with Crippen LogP contribution in [0.25, 0.3) is 11.3 Å². The highest BCUT2D eigenvalue weighted by Crippen LogP contribution is 2.21. The molecule has 1 aromatic carbocycles. The highest BCUT2D eigenvalue weighted by atomic mass is 16.5. The third kappa shape index (κ3) is 4.78. The van der Waals surface area contributed by atoms with E-state index >= 15 is 0 Å². The second-order valence-corrected chi connectivity index (χ2v) is 6.39. The van der Waals surface area contributed by atoms with Crippen molar-refractivity contribution in [3.05, 3.63) is 36.8 Å². The number of ether oxygens (including phenoxy) is 1. The first-order valence-corrected chi connectivity index (χ1v) is 8.87. The molecule has 10 heteroatoms. The first-order valence-electron chi connectivity index (χ1n) is 8.87. The van der Waals surface area contributed by atoms with Crippen molar-refractivity contribution in [1.82, 2.24) is 19.4 Å². The molecule has 0 spiro atoms. The van der Waals surface area contributed by atoms with Crippen molar-refractivity contribution in [2.24, 2.45) is 17.4 Å². The summed E-state index contributed by atoms with van der Waals surface area (Å²) in [5.74, 6) is 8.87. The maximum atomic E-state index is 12.8. The average molecular weight is 390 g/mol. The van der Waals surface area contributed by atoms with Crippen LogP contribution in [-0.2, 0) is 0 Å². The van der Waals surface area contributed by atoms with Gasteiger partial charge in [-0.1, -0.05) is 0 Å². The van der Waals surface area contributed by atoms with Crippen molar-refractivity contribution in [2.45, 2.75) is 18.9 Å². The number of hydrogen-bond donors (Lipinski definition) is 4. The summed E-state index contributed by atoms with van der Waals surface area (Å²) in [7, 11) is 3.43. The molecule has 2 heterocycles. The van der Waals surface area contributed by atoms with Crippen LogP contribution < -0.4 is 22.2 Å². The molecular weight excluding hydrogens is 360 g/mol. The highest BCUT2D eigenvalue weighted by Gasteiger charge is 2.26. The molecule has 7 N–H and O–H groups in total. The summed E-state index contributed by atoms with van der Waals surface area (Å²) in [6, 6.07) is 7.58. The van der Waals surface area contributed by atoms with Crippen molar-refractivity contribution in [1.29, 1.82) is 5.41 Å². The van der Waals surface area contributed by atoms with Gasteiger partial charge in [0.25, 0.3) is 0 Å². The Balaban J connectivity index is 0.00000136. The number of likely N-dealkylation sites (tertiary alicyclic amines) is 1. The Kier molecular flexibility index (Phi) is 7.36. The maximum absolute atomic E-state index is 12.8. The lowest BCUT2D eigenvalue weighted by atomic mass is 10.0. The molecule has 1 fully saturated rings. The van der Waals surface area contributed by atoms with Gasteiger partial charge in [-0.05, 0) is 37.1 Å². The molecule has 2 aromatic rings. The molecule has 0 aliphatic carbocycles. The Hall–Kier alpha value is -3.11. The van der Waals surface area contributed by atoms with E-state index in [2.05, 4.69) is 16.7 Å². The number of guanidine groups is 1. The first-order chi connectivity index (χ1) is 13.5. The summed E-state index contributed by atoms with van der Waals surface area (Å²) in [5, 5.41) is 7.49. The number of nitrogens with one attached hydrogen (secondary N) is 1. The number of rotatable bonds is 3. The van der Waals surface area contributed by atoms with Crippen LogP contribution in [0.4, 0.5) is 4.79 Å². The van der Waals surface area contributed by atoms with Gasteiger partial charge in [-0.2, -0.15) is 0 Å². The molecule has 1 aliphatic rings. The molecule has 10 nitrogen and oxygen atoms in total. The van der Waals surface area contributed by atoms with Crippen LogP contribution in [0.1, 0.15) is 14.3 Å². The fourth-order valence-corrected chi connectivity index (χ4v) is 3.17. The van der Waals surface area contributed by atoms with E-state index in [-0.39, 0.29) is 19.5 Å². The SMILES string of the molecule is COc1ccc(-c2cn(C(=O)N(C)C3CCN(C(=N)N)CC3)cn2)cc1.NN.[HH]. The van der Waals surface area contributed by atoms with Crippen molar-refractivity contribution >= 4 is 12.0 Å². The predicted molar refractivity (Wildman–Crippen MR) is 110 cm³/mol. The van der Waals surface area contributed by atoms with E-state index in [0.29, 0.717) is 13.1 Å². The number of carbonyl (C=O) groups is 1. The van der Waals surface area contributed by atoms with E-state index in [1.807, 2.05) is 36.2 Å². The van der Waals surface area contributed by atoms with Crippen molar-refractivity contribution in [3.8, 4) is 17.0 Å². The van der Waals surface area contributed by atoms with Crippen LogP contribution in [0.5, 0.6) is 5.75 Å². The zero-order valence-corrected chi connectivity index (χ0v) is 16.2. The normalized spacial score (nSPS) is 14.1. The minimum atomic E-state index is -0.112. The molecule has 0 atom stereocenters. The van der Waals surface area contributed by atoms with Crippen LogP contribution in [-0.4, -0.2) is 64.6 Å². The number of hydrazine groups is 1. The van der Waals surface area contributed by atoms with Gasteiger partial charge in [0.2, 0.25) is 0 Å². The lowest BCUT2D eigenvalue weighted by molar-refractivity contribution is 0.161. The van der Waals surface area contributed by atoms with Gasteiger partial charge in [-0.25, -0.2) is 9.78 Å². The molecule has 1 aromatic heterocycles.